The lowest BCUT2D eigenvalue weighted by Crippen LogP contribution is -2.46. The number of benzene rings is 1. The van der Waals surface area contributed by atoms with Gasteiger partial charge in [0.05, 0.1) is 18.5 Å². The van der Waals surface area contributed by atoms with Crippen molar-refractivity contribution >= 4 is 11.4 Å². The van der Waals surface area contributed by atoms with Crippen molar-refractivity contribution in [3.63, 3.8) is 0 Å². The molecule has 1 aliphatic rings. The van der Waals surface area contributed by atoms with E-state index in [2.05, 4.69) is 11.8 Å². The summed E-state index contributed by atoms with van der Waals surface area (Å²) < 4.78 is 5.11. The zero-order chi connectivity index (χ0) is 10.1. The molecule has 0 spiro atoms. The Labute approximate surface area is 84.5 Å². The van der Waals surface area contributed by atoms with Crippen LogP contribution < -0.4 is 15.4 Å². The smallest absolute Gasteiger partial charge is 0.121 e. The van der Waals surface area contributed by atoms with Crippen LogP contribution in [0.25, 0.3) is 0 Å². The number of anilines is 2. The van der Waals surface area contributed by atoms with Gasteiger partial charge in [0.15, 0.2) is 0 Å². The molecule has 1 unspecified atom stereocenters. The van der Waals surface area contributed by atoms with E-state index in [0.717, 1.165) is 23.7 Å². The molecule has 0 bridgehead atoms. The molecule has 3 nitrogen and oxygen atoms in total. The molecular weight excluding hydrogens is 176 g/mol. The van der Waals surface area contributed by atoms with Crippen LogP contribution in [0.4, 0.5) is 11.4 Å². The van der Waals surface area contributed by atoms with Crippen molar-refractivity contribution in [3.05, 3.63) is 18.2 Å². The highest BCUT2D eigenvalue weighted by Crippen LogP contribution is 2.33. The standard InChI is InChI=1S/C11H16N2O/c1-8-5-6-13(8)11-4-3-9(14-2)7-10(11)12/h3-4,7-8H,5-6,12H2,1-2H3. The average Bonchev–Trinajstić information content (AvgIpc) is 2.18. The first-order valence-electron chi connectivity index (χ1n) is 4.92. The molecule has 3 heteroatoms. The summed E-state index contributed by atoms with van der Waals surface area (Å²) in [5.41, 5.74) is 7.88. The maximum atomic E-state index is 5.95. The van der Waals surface area contributed by atoms with Crippen LogP contribution in [0.2, 0.25) is 0 Å². The fourth-order valence-electron chi connectivity index (χ4n) is 1.80. The summed E-state index contributed by atoms with van der Waals surface area (Å²) >= 11 is 0. The van der Waals surface area contributed by atoms with Gasteiger partial charge in [0.2, 0.25) is 0 Å². The molecule has 1 saturated heterocycles. The predicted octanol–water partition coefficient (Wildman–Crippen LogP) is 1.88. The molecule has 1 aromatic rings. The molecule has 0 amide bonds. The van der Waals surface area contributed by atoms with E-state index >= 15 is 0 Å². The number of nitrogen functional groups attached to an aromatic ring is 1. The number of hydrogen-bond acceptors (Lipinski definition) is 3. The largest absolute Gasteiger partial charge is 0.497 e. The minimum atomic E-state index is 0.616. The molecule has 2 rings (SSSR count). The first kappa shape index (κ1) is 9.19. The Morgan fingerprint density at radius 1 is 1.50 bits per heavy atom. The zero-order valence-corrected chi connectivity index (χ0v) is 8.66. The van der Waals surface area contributed by atoms with E-state index < -0.39 is 0 Å². The molecule has 1 atom stereocenters. The minimum absolute atomic E-state index is 0.616. The fraction of sp³-hybridized carbons (Fsp3) is 0.455. The number of nitrogens with two attached hydrogens (primary N) is 1. The highest BCUT2D eigenvalue weighted by molar-refractivity contribution is 5.70. The normalized spacial score (nSPS) is 20.4. The molecule has 1 fully saturated rings. The van der Waals surface area contributed by atoms with Crippen LogP contribution in [-0.4, -0.2) is 19.7 Å². The van der Waals surface area contributed by atoms with Gasteiger partial charge in [-0.05, 0) is 25.5 Å². The summed E-state index contributed by atoms with van der Waals surface area (Å²) in [5.74, 6) is 0.819. The number of rotatable bonds is 2. The van der Waals surface area contributed by atoms with Gasteiger partial charge in [-0.25, -0.2) is 0 Å². The number of nitrogens with zero attached hydrogens (tertiary/aromatic N) is 1. The Bertz CT molecular complexity index is 338. The zero-order valence-electron chi connectivity index (χ0n) is 8.66. The van der Waals surface area contributed by atoms with Crippen LogP contribution in [-0.2, 0) is 0 Å². The van der Waals surface area contributed by atoms with Crippen molar-refractivity contribution in [1.82, 2.24) is 0 Å². The van der Waals surface area contributed by atoms with Crippen LogP contribution in [0.5, 0.6) is 5.75 Å². The second-order valence-electron chi connectivity index (χ2n) is 3.76. The fourth-order valence-corrected chi connectivity index (χ4v) is 1.80. The average molecular weight is 192 g/mol. The quantitative estimate of drug-likeness (QED) is 0.727. The van der Waals surface area contributed by atoms with Gasteiger partial charge >= 0.3 is 0 Å². The monoisotopic (exact) mass is 192 g/mol. The summed E-state index contributed by atoms with van der Waals surface area (Å²) in [4.78, 5) is 2.31. The Kier molecular flexibility index (Phi) is 2.23. The molecule has 0 aliphatic carbocycles. The highest BCUT2D eigenvalue weighted by Gasteiger charge is 2.25. The maximum Gasteiger partial charge on any atom is 0.121 e. The lowest BCUT2D eigenvalue weighted by Gasteiger charge is -2.41. The van der Waals surface area contributed by atoms with Crippen LogP contribution >= 0.6 is 0 Å². The van der Waals surface area contributed by atoms with E-state index in [1.165, 1.54) is 6.42 Å². The molecule has 2 N–H and O–H groups in total. The van der Waals surface area contributed by atoms with Gasteiger partial charge in [-0.2, -0.15) is 0 Å². The number of ether oxygens (including phenoxy) is 1. The van der Waals surface area contributed by atoms with Crippen LogP contribution in [0, 0.1) is 0 Å². The third-order valence-corrected chi connectivity index (χ3v) is 2.86. The number of methoxy groups -OCH3 is 1. The Balaban J connectivity index is 2.26. The van der Waals surface area contributed by atoms with Crippen LogP contribution in [0.1, 0.15) is 13.3 Å². The van der Waals surface area contributed by atoms with Crippen molar-refractivity contribution in [3.8, 4) is 5.75 Å². The molecule has 0 saturated carbocycles. The van der Waals surface area contributed by atoms with Crippen LogP contribution in [0.3, 0.4) is 0 Å². The summed E-state index contributed by atoms with van der Waals surface area (Å²) in [6, 6.07) is 6.48. The second-order valence-corrected chi connectivity index (χ2v) is 3.76. The molecule has 1 heterocycles. The minimum Gasteiger partial charge on any atom is -0.497 e. The van der Waals surface area contributed by atoms with Crippen molar-refractivity contribution in [2.24, 2.45) is 0 Å². The molecule has 14 heavy (non-hydrogen) atoms. The van der Waals surface area contributed by atoms with E-state index in [0.29, 0.717) is 6.04 Å². The van der Waals surface area contributed by atoms with Crippen molar-refractivity contribution in [1.29, 1.82) is 0 Å². The molecule has 1 aliphatic heterocycles. The van der Waals surface area contributed by atoms with Gasteiger partial charge in [-0.3, -0.25) is 0 Å². The topological polar surface area (TPSA) is 38.5 Å². The molecule has 0 radical (unpaired) electrons. The summed E-state index contributed by atoms with van der Waals surface area (Å²) in [5, 5.41) is 0. The van der Waals surface area contributed by atoms with E-state index in [1.807, 2.05) is 18.2 Å². The van der Waals surface area contributed by atoms with Gasteiger partial charge < -0.3 is 15.4 Å². The van der Waals surface area contributed by atoms with Gasteiger partial charge in [-0.1, -0.05) is 0 Å². The maximum absolute atomic E-state index is 5.95. The van der Waals surface area contributed by atoms with Gasteiger partial charge in [0.1, 0.15) is 5.75 Å². The predicted molar refractivity (Wildman–Crippen MR) is 58.8 cm³/mol. The van der Waals surface area contributed by atoms with Crippen molar-refractivity contribution < 1.29 is 4.74 Å². The van der Waals surface area contributed by atoms with Crippen molar-refractivity contribution in [2.75, 3.05) is 24.3 Å². The molecule has 76 valence electrons. The Hall–Kier alpha value is -1.38. The molecular formula is C11H16N2O. The second kappa shape index (κ2) is 3.40. The summed E-state index contributed by atoms with van der Waals surface area (Å²) in [6.07, 6.45) is 1.26. The summed E-state index contributed by atoms with van der Waals surface area (Å²) in [6.45, 7) is 3.32. The van der Waals surface area contributed by atoms with E-state index in [-0.39, 0.29) is 0 Å². The first-order chi connectivity index (χ1) is 6.72. The number of hydrogen-bond donors (Lipinski definition) is 1. The van der Waals surface area contributed by atoms with Crippen molar-refractivity contribution in [2.45, 2.75) is 19.4 Å². The van der Waals surface area contributed by atoms with Crippen LogP contribution in [0.15, 0.2) is 18.2 Å². The third kappa shape index (κ3) is 1.39. The highest BCUT2D eigenvalue weighted by atomic mass is 16.5. The van der Waals surface area contributed by atoms with E-state index in [4.69, 9.17) is 10.5 Å². The van der Waals surface area contributed by atoms with E-state index in [1.54, 1.807) is 7.11 Å². The SMILES string of the molecule is COc1ccc(N2CCC2C)c(N)c1. The Morgan fingerprint density at radius 3 is 2.71 bits per heavy atom. The Morgan fingerprint density at radius 2 is 2.29 bits per heavy atom. The summed E-state index contributed by atoms with van der Waals surface area (Å²) in [7, 11) is 1.65. The van der Waals surface area contributed by atoms with Gasteiger partial charge in [-0.15, -0.1) is 0 Å². The molecule has 0 aromatic heterocycles. The lowest BCUT2D eigenvalue weighted by atomic mass is 10.0. The van der Waals surface area contributed by atoms with Gasteiger partial charge in [0.25, 0.3) is 0 Å². The lowest BCUT2D eigenvalue weighted by molar-refractivity contribution is 0.414. The third-order valence-electron chi connectivity index (χ3n) is 2.86. The van der Waals surface area contributed by atoms with E-state index in [9.17, 15) is 0 Å². The first-order valence-corrected chi connectivity index (χ1v) is 4.92. The molecule has 1 aromatic carbocycles. The van der Waals surface area contributed by atoms with Gasteiger partial charge in [0, 0.05) is 18.7 Å².